The Balaban J connectivity index is 2.59. The Labute approximate surface area is 112 Å². The second-order valence-corrected chi connectivity index (χ2v) is 4.73. The fourth-order valence-corrected chi connectivity index (χ4v) is 2.14. The summed E-state index contributed by atoms with van der Waals surface area (Å²) in [5, 5.41) is 11.1. The molecule has 1 rings (SSSR count). The average molecular weight is 264 g/mol. The van der Waals surface area contributed by atoms with Crippen molar-refractivity contribution in [2.24, 2.45) is 5.73 Å². The van der Waals surface area contributed by atoms with Gasteiger partial charge in [0.05, 0.1) is 0 Å². The van der Waals surface area contributed by atoms with Gasteiger partial charge >= 0.3 is 5.97 Å². The lowest BCUT2D eigenvalue weighted by Gasteiger charge is -2.13. The number of carbonyl (C=O) groups is 2. The van der Waals surface area contributed by atoms with Crippen molar-refractivity contribution in [3.63, 3.8) is 0 Å². The van der Waals surface area contributed by atoms with E-state index in [0.29, 0.717) is 13.0 Å². The van der Waals surface area contributed by atoms with Crippen molar-refractivity contribution < 1.29 is 14.7 Å². The van der Waals surface area contributed by atoms with Crippen LogP contribution in [0.15, 0.2) is 12.1 Å². The normalized spacial score (nSPS) is 12.0. The number of aryl methyl sites for hydroxylation is 3. The number of amides is 1. The van der Waals surface area contributed by atoms with E-state index in [-0.39, 0.29) is 0 Å². The number of aliphatic carboxylic acids is 1. The van der Waals surface area contributed by atoms with Gasteiger partial charge in [0.1, 0.15) is 0 Å². The lowest BCUT2D eigenvalue weighted by molar-refractivity contribution is -0.142. The van der Waals surface area contributed by atoms with Gasteiger partial charge in [-0.2, -0.15) is 0 Å². The fraction of sp³-hybridized carbons (Fsp3) is 0.429. The minimum absolute atomic E-state index is 0.380. The van der Waals surface area contributed by atoms with Crippen molar-refractivity contribution >= 4 is 11.9 Å². The highest BCUT2D eigenvalue weighted by Gasteiger charge is 2.20. The molecule has 0 aliphatic rings. The third-order valence-electron chi connectivity index (χ3n) is 3.06. The fourth-order valence-electron chi connectivity index (χ4n) is 2.14. The van der Waals surface area contributed by atoms with E-state index < -0.39 is 17.9 Å². The molecule has 0 fully saturated rings. The monoisotopic (exact) mass is 264 g/mol. The van der Waals surface area contributed by atoms with Gasteiger partial charge in [-0.05, 0) is 43.9 Å². The second-order valence-electron chi connectivity index (χ2n) is 4.73. The molecule has 0 aliphatic heterocycles. The average Bonchev–Trinajstić information content (AvgIpc) is 2.30. The maximum absolute atomic E-state index is 11.4. The molecule has 5 heteroatoms. The smallest absolute Gasteiger partial charge is 0.330 e. The van der Waals surface area contributed by atoms with E-state index in [9.17, 15) is 9.59 Å². The van der Waals surface area contributed by atoms with Crippen molar-refractivity contribution in [1.82, 2.24) is 5.32 Å². The summed E-state index contributed by atoms with van der Waals surface area (Å²) in [6.07, 6.45) is 0.663. The Bertz CT molecular complexity index is 474. The van der Waals surface area contributed by atoms with E-state index in [1.54, 1.807) is 0 Å². The van der Waals surface area contributed by atoms with Crippen LogP contribution in [-0.2, 0) is 16.0 Å². The number of hydrogen-bond acceptors (Lipinski definition) is 3. The standard InChI is InChI=1S/C14H20N2O3/c1-8-6-9(2)11(10(3)7-8)4-5-16-13(17)12(15)14(18)19/h6-7,12H,4-5,15H2,1-3H3,(H,16,17)(H,18,19). The molecule has 1 atom stereocenters. The summed E-state index contributed by atoms with van der Waals surface area (Å²) in [5.74, 6) is -1.98. The maximum atomic E-state index is 11.4. The number of rotatable bonds is 5. The van der Waals surface area contributed by atoms with Crippen LogP contribution in [0.1, 0.15) is 22.3 Å². The van der Waals surface area contributed by atoms with Gasteiger partial charge in [0.2, 0.25) is 5.91 Å². The molecular formula is C14H20N2O3. The van der Waals surface area contributed by atoms with Crippen LogP contribution in [0.5, 0.6) is 0 Å². The molecule has 1 unspecified atom stereocenters. The Morgan fingerprint density at radius 2 is 1.79 bits per heavy atom. The molecule has 4 N–H and O–H groups in total. The Morgan fingerprint density at radius 3 is 2.26 bits per heavy atom. The van der Waals surface area contributed by atoms with Crippen LogP contribution in [-0.4, -0.2) is 29.6 Å². The van der Waals surface area contributed by atoms with Gasteiger partial charge in [-0.15, -0.1) is 0 Å². The van der Waals surface area contributed by atoms with Crippen LogP contribution in [0.4, 0.5) is 0 Å². The second kappa shape index (κ2) is 6.33. The predicted octanol–water partition coefficient (Wildman–Crippen LogP) is 0.682. The number of carboxylic acid groups (broad SMARTS) is 1. The Morgan fingerprint density at radius 1 is 1.26 bits per heavy atom. The molecule has 1 aromatic carbocycles. The number of benzene rings is 1. The van der Waals surface area contributed by atoms with Crippen LogP contribution in [0.3, 0.4) is 0 Å². The molecule has 0 aromatic heterocycles. The molecule has 0 aliphatic carbocycles. The number of hydrogen-bond donors (Lipinski definition) is 3. The highest BCUT2D eigenvalue weighted by Crippen LogP contribution is 2.16. The van der Waals surface area contributed by atoms with Gasteiger partial charge in [-0.1, -0.05) is 17.7 Å². The Kier molecular flexibility index (Phi) is 5.06. The summed E-state index contributed by atoms with van der Waals surface area (Å²) in [6, 6.07) is 2.68. The van der Waals surface area contributed by atoms with E-state index in [1.807, 2.05) is 20.8 Å². The highest BCUT2D eigenvalue weighted by atomic mass is 16.4. The molecule has 104 valence electrons. The third-order valence-corrected chi connectivity index (χ3v) is 3.06. The van der Waals surface area contributed by atoms with E-state index in [1.165, 1.54) is 22.3 Å². The molecule has 1 aromatic rings. The molecule has 5 nitrogen and oxygen atoms in total. The van der Waals surface area contributed by atoms with Crippen LogP contribution in [0, 0.1) is 20.8 Å². The lowest BCUT2D eigenvalue weighted by atomic mass is 9.97. The van der Waals surface area contributed by atoms with Crippen LogP contribution >= 0.6 is 0 Å². The first-order chi connectivity index (χ1) is 8.82. The van der Waals surface area contributed by atoms with Crippen molar-refractivity contribution in [1.29, 1.82) is 0 Å². The third kappa shape index (κ3) is 4.06. The molecular weight excluding hydrogens is 244 g/mol. The zero-order chi connectivity index (χ0) is 14.6. The Hall–Kier alpha value is -1.88. The minimum Gasteiger partial charge on any atom is -0.480 e. The maximum Gasteiger partial charge on any atom is 0.330 e. The molecule has 0 saturated carbocycles. The van der Waals surface area contributed by atoms with E-state index in [0.717, 1.165) is 0 Å². The number of nitrogens with two attached hydrogens (primary N) is 1. The van der Waals surface area contributed by atoms with Gasteiger partial charge in [0, 0.05) is 6.54 Å². The summed E-state index contributed by atoms with van der Waals surface area (Å²) in [7, 11) is 0. The molecule has 1 amide bonds. The number of nitrogens with one attached hydrogen (secondary N) is 1. The summed E-state index contributed by atoms with van der Waals surface area (Å²) >= 11 is 0. The van der Waals surface area contributed by atoms with Crippen molar-refractivity contribution in [2.45, 2.75) is 33.2 Å². The summed E-state index contributed by atoms with van der Waals surface area (Å²) < 4.78 is 0. The quantitative estimate of drug-likeness (QED) is 0.682. The zero-order valence-electron chi connectivity index (χ0n) is 11.5. The predicted molar refractivity (Wildman–Crippen MR) is 73.0 cm³/mol. The summed E-state index contributed by atoms with van der Waals surface area (Å²) in [6.45, 7) is 6.47. The zero-order valence-corrected chi connectivity index (χ0v) is 11.5. The number of carboxylic acids is 1. The molecule has 0 heterocycles. The molecule has 0 bridgehead atoms. The van der Waals surface area contributed by atoms with Crippen LogP contribution in [0.25, 0.3) is 0 Å². The summed E-state index contributed by atoms with van der Waals surface area (Å²) in [5.41, 5.74) is 9.94. The molecule has 19 heavy (non-hydrogen) atoms. The first-order valence-corrected chi connectivity index (χ1v) is 6.15. The van der Waals surface area contributed by atoms with E-state index in [4.69, 9.17) is 10.8 Å². The van der Waals surface area contributed by atoms with Crippen molar-refractivity contribution in [2.75, 3.05) is 6.54 Å². The van der Waals surface area contributed by atoms with Gasteiger partial charge in [0.25, 0.3) is 0 Å². The van der Waals surface area contributed by atoms with Gasteiger partial charge in [-0.3, -0.25) is 4.79 Å². The van der Waals surface area contributed by atoms with Crippen LogP contribution < -0.4 is 11.1 Å². The SMILES string of the molecule is Cc1cc(C)c(CCNC(=O)C(N)C(=O)O)c(C)c1. The first kappa shape index (κ1) is 15.2. The van der Waals surface area contributed by atoms with E-state index >= 15 is 0 Å². The van der Waals surface area contributed by atoms with Crippen LogP contribution in [0.2, 0.25) is 0 Å². The van der Waals surface area contributed by atoms with Crippen molar-refractivity contribution in [3.05, 3.63) is 34.4 Å². The van der Waals surface area contributed by atoms with Gasteiger partial charge < -0.3 is 16.2 Å². The topological polar surface area (TPSA) is 92.4 Å². The molecule has 0 spiro atoms. The highest BCUT2D eigenvalue weighted by molar-refractivity contribution is 6.00. The molecule has 0 saturated heterocycles. The van der Waals surface area contributed by atoms with Gasteiger partial charge in [-0.25, -0.2) is 4.79 Å². The lowest BCUT2D eigenvalue weighted by Crippen LogP contribution is -2.46. The van der Waals surface area contributed by atoms with Crippen molar-refractivity contribution in [3.8, 4) is 0 Å². The number of carbonyl (C=O) groups excluding carboxylic acids is 1. The van der Waals surface area contributed by atoms with Gasteiger partial charge in [0.15, 0.2) is 6.04 Å². The minimum atomic E-state index is -1.50. The largest absolute Gasteiger partial charge is 0.480 e. The van der Waals surface area contributed by atoms with E-state index in [2.05, 4.69) is 17.4 Å². The summed E-state index contributed by atoms with van der Waals surface area (Å²) in [4.78, 5) is 21.9. The first-order valence-electron chi connectivity index (χ1n) is 6.15. The molecule has 0 radical (unpaired) electrons.